The van der Waals surface area contributed by atoms with E-state index < -0.39 is 10.1 Å². The van der Waals surface area contributed by atoms with Crippen molar-refractivity contribution in [2.75, 3.05) is 13.2 Å². The van der Waals surface area contributed by atoms with Gasteiger partial charge in [0.1, 0.15) is 0 Å². The van der Waals surface area contributed by atoms with Crippen molar-refractivity contribution >= 4 is 10.1 Å². The van der Waals surface area contributed by atoms with Crippen molar-refractivity contribution < 1.29 is 17.7 Å². The number of nitrogens with one attached hydrogen (secondary N) is 1. The van der Waals surface area contributed by atoms with Gasteiger partial charge in [-0.2, -0.15) is 8.42 Å². The second kappa shape index (κ2) is 7.00. The molecule has 0 amide bonds. The highest BCUT2D eigenvalue weighted by Gasteiger charge is 2.12. The first-order valence-corrected chi connectivity index (χ1v) is 7.62. The number of morpholine rings is 1. The maximum absolute atomic E-state index is 10.5. The molecule has 0 unspecified atom stereocenters. The summed E-state index contributed by atoms with van der Waals surface area (Å²) >= 11 is 0. The van der Waals surface area contributed by atoms with Crippen LogP contribution < -0.4 is 5.32 Å². The van der Waals surface area contributed by atoms with Crippen molar-refractivity contribution in [1.29, 1.82) is 0 Å². The van der Waals surface area contributed by atoms with E-state index in [2.05, 4.69) is 19.2 Å². The molecule has 1 aliphatic rings. The van der Waals surface area contributed by atoms with E-state index in [4.69, 9.17) is 9.29 Å². The van der Waals surface area contributed by atoms with Gasteiger partial charge in [-0.15, -0.1) is 0 Å². The molecule has 2 rings (SSSR count). The third-order valence-electron chi connectivity index (χ3n) is 2.70. The van der Waals surface area contributed by atoms with E-state index in [1.807, 2.05) is 6.92 Å². The Morgan fingerprint density at radius 2 is 1.84 bits per heavy atom. The van der Waals surface area contributed by atoms with Gasteiger partial charge in [-0.1, -0.05) is 17.7 Å². The van der Waals surface area contributed by atoms with Gasteiger partial charge in [-0.25, -0.2) is 0 Å². The van der Waals surface area contributed by atoms with E-state index in [0.29, 0.717) is 12.1 Å². The maximum Gasteiger partial charge on any atom is 0.294 e. The minimum absolute atomic E-state index is 0.0666. The molecular formula is C13H21NO4S. The standard InChI is InChI=1S/C7H8O3S.C6H13NO/c1-6-2-4-7(5-3-6)11(8,9)10;1-5-4-8-6(2)3-7-5/h2-5H,1H3,(H,8,9,10);5-7H,3-4H2,1-2H3/t;5-,6-/m.1/s1. The zero-order chi connectivity index (χ0) is 14.5. The molecule has 0 radical (unpaired) electrons. The molecule has 2 N–H and O–H groups in total. The van der Waals surface area contributed by atoms with Crippen molar-refractivity contribution in [2.24, 2.45) is 0 Å². The second-order valence-corrected chi connectivity index (χ2v) is 6.16. The number of rotatable bonds is 1. The first kappa shape index (κ1) is 16.1. The van der Waals surface area contributed by atoms with Gasteiger partial charge in [0.25, 0.3) is 10.1 Å². The lowest BCUT2D eigenvalue weighted by Gasteiger charge is -2.25. The Hall–Kier alpha value is -0.950. The van der Waals surface area contributed by atoms with Gasteiger partial charge in [-0.3, -0.25) is 4.55 Å². The average Bonchev–Trinajstić information content (AvgIpc) is 2.33. The van der Waals surface area contributed by atoms with E-state index in [9.17, 15) is 8.42 Å². The van der Waals surface area contributed by atoms with E-state index >= 15 is 0 Å². The summed E-state index contributed by atoms with van der Waals surface area (Å²) in [6.45, 7) is 7.92. The van der Waals surface area contributed by atoms with Crippen LogP contribution >= 0.6 is 0 Å². The third-order valence-corrected chi connectivity index (χ3v) is 3.57. The highest BCUT2D eigenvalue weighted by Crippen LogP contribution is 2.08. The quantitative estimate of drug-likeness (QED) is 0.768. The van der Waals surface area contributed by atoms with Gasteiger partial charge in [0.05, 0.1) is 17.6 Å². The van der Waals surface area contributed by atoms with Crippen molar-refractivity contribution in [3.05, 3.63) is 29.8 Å². The average molecular weight is 287 g/mol. The fourth-order valence-corrected chi connectivity index (χ4v) is 1.98. The SMILES string of the molecule is C[C@@H]1CO[C@H](C)CN1.Cc1ccc(S(=O)(=O)O)cc1. The molecule has 1 aromatic carbocycles. The normalized spacial score (nSPS) is 23.4. The van der Waals surface area contributed by atoms with E-state index in [1.165, 1.54) is 12.1 Å². The molecule has 1 heterocycles. The number of hydrogen-bond acceptors (Lipinski definition) is 4. The summed E-state index contributed by atoms with van der Waals surface area (Å²) in [4.78, 5) is -0.0666. The Labute approximate surface area is 114 Å². The highest BCUT2D eigenvalue weighted by atomic mass is 32.2. The van der Waals surface area contributed by atoms with Crippen molar-refractivity contribution in [3.8, 4) is 0 Å². The predicted octanol–water partition coefficient (Wildman–Crippen LogP) is 1.62. The lowest BCUT2D eigenvalue weighted by atomic mass is 10.2. The Balaban J connectivity index is 0.000000200. The molecular weight excluding hydrogens is 266 g/mol. The smallest absolute Gasteiger partial charge is 0.294 e. The Kier molecular flexibility index (Phi) is 5.93. The molecule has 1 aliphatic heterocycles. The van der Waals surface area contributed by atoms with Crippen molar-refractivity contribution in [3.63, 3.8) is 0 Å². The zero-order valence-corrected chi connectivity index (χ0v) is 12.3. The van der Waals surface area contributed by atoms with Crippen LogP contribution in [0.15, 0.2) is 29.2 Å². The Morgan fingerprint density at radius 1 is 1.26 bits per heavy atom. The van der Waals surface area contributed by atoms with Gasteiger partial charge < -0.3 is 10.1 Å². The van der Waals surface area contributed by atoms with Crippen molar-refractivity contribution in [1.82, 2.24) is 5.32 Å². The lowest BCUT2D eigenvalue weighted by molar-refractivity contribution is 0.0196. The molecule has 108 valence electrons. The summed E-state index contributed by atoms with van der Waals surface area (Å²) in [7, 11) is -4.02. The predicted molar refractivity (Wildman–Crippen MR) is 73.9 cm³/mol. The van der Waals surface area contributed by atoms with Gasteiger partial charge >= 0.3 is 0 Å². The van der Waals surface area contributed by atoms with Gasteiger partial charge in [-0.05, 0) is 32.9 Å². The first-order valence-electron chi connectivity index (χ1n) is 6.18. The molecule has 2 atom stereocenters. The van der Waals surface area contributed by atoms with E-state index in [0.717, 1.165) is 18.7 Å². The fraction of sp³-hybridized carbons (Fsp3) is 0.538. The minimum atomic E-state index is -4.02. The number of hydrogen-bond donors (Lipinski definition) is 2. The fourth-order valence-electron chi connectivity index (χ4n) is 1.50. The largest absolute Gasteiger partial charge is 0.376 e. The number of aryl methyl sites for hydroxylation is 1. The monoisotopic (exact) mass is 287 g/mol. The summed E-state index contributed by atoms with van der Waals surface area (Å²) in [6, 6.07) is 6.54. The number of ether oxygens (including phenoxy) is 1. The molecule has 0 bridgehead atoms. The van der Waals surface area contributed by atoms with Crippen LogP contribution in [0.3, 0.4) is 0 Å². The van der Waals surface area contributed by atoms with E-state index in [1.54, 1.807) is 12.1 Å². The molecule has 6 heteroatoms. The zero-order valence-electron chi connectivity index (χ0n) is 11.5. The second-order valence-electron chi connectivity index (χ2n) is 4.74. The van der Waals surface area contributed by atoms with Gasteiger partial charge in [0, 0.05) is 12.6 Å². The van der Waals surface area contributed by atoms with Gasteiger partial charge in [0.15, 0.2) is 0 Å². The summed E-state index contributed by atoms with van der Waals surface area (Å²) in [6.07, 6.45) is 0.409. The minimum Gasteiger partial charge on any atom is -0.376 e. The van der Waals surface area contributed by atoms with E-state index in [-0.39, 0.29) is 4.90 Å². The summed E-state index contributed by atoms with van der Waals surface area (Å²) in [5.41, 5.74) is 0.956. The topological polar surface area (TPSA) is 75.6 Å². The summed E-state index contributed by atoms with van der Waals surface area (Å²) in [5, 5.41) is 3.31. The van der Waals surface area contributed by atoms with Crippen LogP contribution in [0.5, 0.6) is 0 Å². The maximum atomic E-state index is 10.5. The molecule has 5 nitrogen and oxygen atoms in total. The summed E-state index contributed by atoms with van der Waals surface area (Å²) in [5.74, 6) is 0. The molecule has 0 spiro atoms. The molecule has 1 fully saturated rings. The first-order chi connectivity index (χ1) is 8.79. The molecule has 0 aliphatic carbocycles. The molecule has 0 aromatic heterocycles. The lowest BCUT2D eigenvalue weighted by Crippen LogP contribution is -2.43. The van der Waals surface area contributed by atoms with Crippen LogP contribution in [-0.4, -0.2) is 38.3 Å². The molecule has 1 saturated heterocycles. The molecule has 0 saturated carbocycles. The van der Waals surface area contributed by atoms with Crippen LogP contribution in [-0.2, 0) is 14.9 Å². The van der Waals surface area contributed by atoms with Crippen LogP contribution in [0, 0.1) is 6.92 Å². The van der Waals surface area contributed by atoms with Crippen molar-refractivity contribution in [2.45, 2.75) is 37.8 Å². The highest BCUT2D eigenvalue weighted by molar-refractivity contribution is 7.85. The number of benzene rings is 1. The van der Waals surface area contributed by atoms with Crippen LogP contribution in [0.1, 0.15) is 19.4 Å². The third kappa shape index (κ3) is 6.15. The van der Waals surface area contributed by atoms with Gasteiger partial charge in [0.2, 0.25) is 0 Å². The molecule has 1 aromatic rings. The van der Waals surface area contributed by atoms with Crippen LogP contribution in [0.4, 0.5) is 0 Å². The molecule has 19 heavy (non-hydrogen) atoms. The summed E-state index contributed by atoms with van der Waals surface area (Å²) < 4.78 is 34.9. The van der Waals surface area contributed by atoms with Crippen LogP contribution in [0.2, 0.25) is 0 Å². The van der Waals surface area contributed by atoms with Crippen LogP contribution in [0.25, 0.3) is 0 Å². The Morgan fingerprint density at radius 3 is 2.21 bits per heavy atom. The Bertz CT molecular complexity index is 466.